The first-order valence-corrected chi connectivity index (χ1v) is 5.95. The van der Waals surface area contributed by atoms with Crippen molar-refractivity contribution in [3.8, 4) is 0 Å². The molecule has 0 fully saturated rings. The van der Waals surface area contributed by atoms with Gasteiger partial charge in [0.2, 0.25) is 5.82 Å². The van der Waals surface area contributed by atoms with Gasteiger partial charge in [0.05, 0.1) is 11.5 Å². The molecule has 0 amide bonds. The zero-order valence-electron chi connectivity index (χ0n) is 9.76. The first-order valence-electron chi connectivity index (χ1n) is 5.07. The minimum atomic E-state index is -0.471. The normalized spacial score (nSPS) is 10.6. The lowest BCUT2D eigenvalue weighted by molar-refractivity contribution is -0.384. The van der Waals surface area contributed by atoms with Crippen LogP contribution in [0.2, 0.25) is 0 Å². The topological polar surface area (TPSA) is 106 Å². The minimum Gasteiger partial charge on any atom is -0.359 e. The summed E-state index contributed by atoms with van der Waals surface area (Å²) in [7, 11) is 1.62. The van der Waals surface area contributed by atoms with Crippen LogP contribution in [0.25, 0.3) is 0 Å². The molecular weight excluding hydrogens is 258 g/mol. The van der Waals surface area contributed by atoms with Gasteiger partial charge in [0.25, 0.3) is 0 Å². The lowest BCUT2D eigenvalue weighted by Gasteiger charge is -2.04. The molecule has 0 aliphatic carbocycles. The van der Waals surface area contributed by atoms with E-state index in [0.717, 1.165) is 11.3 Å². The number of aromatic nitrogens is 3. The largest absolute Gasteiger partial charge is 0.359 e. The molecular formula is C9H11N5O3S. The van der Waals surface area contributed by atoms with Crippen LogP contribution in [0.15, 0.2) is 10.2 Å². The number of aryl methyl sites for hydroxylation is 2. The van der Waals surface area contributed by atoms with Crippen molar-refractivity contribution in [3.05, 3.63) is 36.5 Å². The third-order valence-electron chi connectivity index (χ3n) is 2.39. The SMILES string of the molecule is Cc1nn(C)c(NCc2csc(=O)[nH]2)c1[N+](=O)[O-]. The van der Waals surface area contributed by atoms with Crippen molar-refractivity contribution in [1.82, 2.24) is 14.8 Å². The zero-order valence-corrected chi connectivity index (χ0v) is 10.6. The summed E-state index contributed by atoms with van der Waals surface area (Å²) in [5.74, 6) is 0.324. The van der Waals surface area contributed by atoms with Gasteiger partial charge in [-0.25, -0.2) is 4.68 Å². The van der Waals surface area contributed by atoms with Gasteiger partial charge >= 0.3 is 10.6 Å². The lowest BCUT2D eigenvalue weighted by Crippen LogP contribution is -2.07. The highest BCUT2D eigenvalue weighted by atomic mass is 32.1. The van der Waals surface area contributed by atoms with Crippen LogP contribution < -0.4 is 10.2 Å². The molecule has 2 N–H and O–H groups in total. The van der Waals surface area contributed by atoms with E-state index >= 15 is 0 Å². The Balaban J connectivity index is 2.23. The van der Waals surface area contributed by atoms with Crippen LogP contribution >= 0.6 is 11.3 Å². The molecule has 0 aliphatic heterocycles. The molecule has 96 valence electrons. The zero-order chi connectivity index (χ0) is 13.3. The monoisotopic (exact) mass is 269 g/mol. The molecule has 0 aliphatic rings. The van der Waals surface area contributed by atoms with Crippen LogP contribution in [0.3, 0.4) is 0 Å². The molecule has 18 heavy (non-hydrogen) atoms. The summed E-state index contributed by atoms with van der Waals surface area (Å²) in [6.45, 7) is 1.88. The van der Waals surface area contributed by atoms with Crippen LogP contribution in [0.4, 0.5) is 11.5 Å². The van der Waals surface area contributed by atoms with E-state index in [1.807, 2.05) is 0 Å². The summed E-state index contributed by atoms with van der Waals surface area (Å²) >= 11 is 1.05. The third-order valence-corrected chi connectivity index (χ3v) is 3.11. The van der Waals surface area contributed by atoms with Gasteiger partial charge in [-0.05, 0) is 6.92 Å². The number of H-pyrrole nitrogens is 1. The van der Waals surface area contributed by atoms with Crippen LogP contribution in [0.1, 0.15) is 11.4 Å². The molecule has 0 radical (unpaired) electrons. The fraction of sp³-hybridized carbons (Fsp3) is 0.333. The number of thiazole rings is 1. The van der Waals surface area contributed by atoms with Gasteiger partial charge in [-0.1, -0.05) is 11.3 Å². The Morgan fingerprint density at radius 2 is 2.39 bits per heavy atom. The number of nitrogens with one attached hydrogen (secondary N) is 2. The predicted octanol–water partition coefficient (Wildman–Crippen LogP) is 0.999. The van der Waals surface area contributed by atoms with E-state index in [1.165, 1.54) is 4.68 Å². The van der Waals surface area contributed by atoms with Gasteiger partial charge in [-0.2, -0.15) is 5.10 Å². The Morgan fingerprint density at radius 1 is 1.67 bits per heavy atom. The Kier molecular flexibility index (Phi) is 3.15. The summed E-state index contributed by atoms with van der Waals surface area (Å²) in [5.41, 5.74) is 0.983. The molecule has 2 rings (SSSR count). The minimum absolute atomic E-state index is 0.0462. The Bertz CT molecular complexity index is 641. The van der Waals surface area contributed by atoms with Gasteiger partial charge in [-0.3, -0.25) is 14.9 Å². The average molecular weight is 269 g/mol. The van der Waals surface area contributed by atoms with Crippen LogP contribution in [-0.4, -0.2) is 19.7 Å². The van der Waals surface area contributed by atoms with Crippen LogP contribution in [-0.2, 0) is 13.6 Å². The number of aromatic amines is 1. The summed E-state index contributed by atoms with van der Waals surface area (Å²) in [6, 6.07) is 0. The number of hydrogen-bond donors (Lipinski definition) is 2. The summed E-state index contributed by atoms with van der Waals surface area (Å²) in [5, 5.41) is 19.5. The third kappa shape index (κ3) is 2.25. The maximum absolute atomic E-state index is 11.0. The van der Waals surface area contributed by atoms with Crippen molar-refractivity contribution >= 4 is 22.8 Å². The van der Waals surface area contributed by atoms with Crippen molar-refractivity contribution in [3.63, 3.8) is 0 Å². The first kappa shape index (κ1) is 12.3. The molecule has 2 heterocycles. The second kappa shape index (κ2) is 4.61. The molecule has 2 aromatic heterocycles. The Labute approximate surface area is 105 Å². The fourth-order valence-electron chi connectivity index (χ4n) is 1.64. The van der Waals surface area contributed by atoms with E-state index in [4.69, 9.17) is 0 Å². The number of nitro groups is 1. The lowest BCUT2D eigenvalue weighted by atomic mass is 10.3. The molecule has 9 heteroatoms. The van der Waals surface area contributed by atoms with Gasteiger partial charge in [-0.15, -0.1) is 0 Å². The van der Waals surface area contributed by atoms with Crippen LogP contribution in [0, 0.1) is 17.0 Å². The Hall–Kier alpha value is -2.16. The maximum Gasteiger partial charge on any atom is 0.333 e. The molecule has 8 nitrogen and oxygen atoms in total. The number of nitrogens with zero attached hydrogens (tertiary/aromatic N) is 3. The van der Waals surface area contributed by atoms with E-state index in [2.05, 4.69) is 15.4 Å². The second-order valence-electron chi connectivity index (χ2n) is 3.69. The maximum atomic E-state index is 11.0. The number of anilines is 1. The van der Waals surface area contributed by atoms with E-state index in [9.17, 15) is 14.9 Å². The fourth-order valence-corrected chi connectivity index (χ4v) is 2.22. The van der Waals surface area contributed by atoms with Gasteiger partial charge in [0.1, 0.15) is 5.69 Å². The average Bonchev–Trinajstić information content (AvgIpc) is 2.79. The molecule has 0 saturated carbocycles. The highest BCUT2D eigenvalue weighted by molar-refractivity contribution is 7.07. The predicted molar refractivity (Wildman–Crippen MR) is 66.9 cm³/mol. The van der Waals surface area contributed by atoms with Crippen molar-refractivity contribution in [2.75, 3.05) is 5.32 Å². The second-order valence-corrected chi connectivity index (χ2v) is 4.53. The standard InChI is InChI=1S/C9H11N5O3S/c1-5-7(14(16)17)8(13(2)12-5)10-3-6-4-18-9(15)11-6/h4,10H,3H2,1-2H3,(H,11,15). The molecule has 0 aromatic carbocycles. The van der Waals surface area contributed by atoms with Gasteiger partial charge < -0.3 is 10.3 Å². The van der Waals surface area contributed by atoms with Crippen molar-refractivity contribution < 1.29 is 4.92 Å². The van der Waals surface area contributed by atoms with E-state index in [-0.39, 0.29) is 10.6 Å². The summed E-state index contributed by atoms with van der Waals surface area (Å²) in [4.78, 5) is 23.9. The molecule has 0 unspecified atom stereocenters. The highest BCUT2D eigenvalue weighted by Gasteiger charge is 2.23. The molecule has 2 aromatic rings. The quantitative estimate of drug-likeness (QED) is 0.636. The molecule has 0 bridgehead atoms. The van der Waals surface area contributed by atoms with Crippen molar-refractivity contribution in [1.29, 1.82) is 0 Å². The van der Waals surface area contributed by atoms with Gasteiger partial charge in [0.15, 0.2) is 0 Å². The molecule has 0 saturated heterocycles. The van der Waals surface area contributed by atoms with E-state index < -0.39 is 4.92 Å². The van der Waals surface area contributed by atoms with Crippen LogP contribution in [0.5, 0.6) is 0 Å². The van der Waals surface area contributed by atoms with E-state index in [1.54, 1.807) is 19.4 Å². The summed E-state index contributed by atoms with van der Waals surface area (Å²) < 4.78 is 1.41. The van der Waals surface area contributed by atoms with Crippen molar-refractivity contribution in [2.24, 2.45) is 7.05 Å². The molecule has 0 atom stereocenters. The smallest absolute Gasteiger partial charge is 0.333 e. The number of hydrogen-bond acceptors (Lipinski definition) is 6. The summed E-state index contributed by atoms with van der Waals surface area (Å²) in [6.07, 6.45) is 0. The first-order chi connectivity index (χ1) is 8.49. The Morgan fingerprint density at radius 3 is 2.94 bits per heavy atom. The van der Waals surface area contributed by atoms with Gasteiger partial charge in [0, 0.05) is 18.1 Å². The highest BCUT2D eigenvalue weighted by Crippen LogP contribution is 2.27. The number of rotatable bonds is 4. The van der Waals surface area contributed by atoms with Crippen molar-refractivity contribution in [2.45, 2.75) is 13.5 Å². The molecule has 0 spiro atoms. The van der Waals surface area contributed by atoms with E-state index in [0.29, 0.717) is 23.8 Å².